The molecule has 1 atom stereocenters. The van der Waals surface area contributed by atoms with Crippen LogP contribution in [0.5, 0.6) is 0 Å². The van der Waals surface area contributed by atoms with Crippen LogP contribution in [0.3, 0.4) is 0 Å². The molecule has 0 N–H and O–H groups in total. The van der Waals surface area contributed by atoms with Gasteiger partial charge in [-0.3, -0.25) is 4.79 Å². The van der Waals surface area contributed by atoms with Gasteiger partial charge in [0.2, 0.25) is 0 Å². The zero-order valence-electron chi connectivity index (χ0n) is 12.6. The third kappa shape index (κ3) is 3.00. The highest BCUT2D eigenvalue weighted by Gasteiger charge is 2.29. The van der Waals surface area contributed by atoms with E-state index in [2.05, 4.69) is 11.1 Å². The van der Waals surface area contributed by atoms with Gasteiger partial charge in [0.15, 0.2) is 0 Å². The van der Waals surface area contributed by atoms with Crippen LogP contribution in [-0.2, 0) is 0 Å². The van der Waals surface area contributed by atoms with E-state index < -0.39 is 0 Å². The molecule has 1 aliphatic rings. The minimum absolute atomic E-state index is 0.0879. The van der Waals surface area contributed by atoms with Crippen LogP contribution in [0.2, 0.25) is 5.15 Å². The molecule has 1 aromatic carbocycles. The lowest BCUT2D eigenvalue weighted by molar-refractivity contribution is 0.0611. The maximum atomic E-state index is 12.8. The third-order valence-corrected chi connectivity index (χ3v) is 4.60. The SMILES string of the molecule is Cc1cc([C@@H]2CCCCN2C(=O)c2ccccc2)cnc1Cl. The molecule has 2 heterocycles. The molecule has 0 spiro atoms. The zero-order chi connectivity index (χ0) is 15.5. The first kappa shape index (κ1) is 15.0. The Hall–Kier alpha value is -1.87. The van der Waals surface area contributed by atoms with Crippen molar-refractivity contribution in [1.29, 1.82) is 0 Å². The summed E-state index contributed by atoms with van der Waals surface area (Å²) in [7, 11) is 0. The van der Waals surface area contributed by atoms with Gasteiger partial charge in [-0.05, 0) is 55.5 Å². The summed E-state index contributed by atoms with van der Waals surface area (Å²) in [5, 5.41) is 0.528. The summed E-state index contributed by atoms with van der Waals surface area (Å²) in [6.45, 7) is 2.74. The number of halogens is 1. The number of piperidine rings is 1. The molecule has 3 nitrogen and oxygen atoms in total. The van der Waals surface area contributed by atoms with E-state index in [-0.39, 0.29) is 11.9 Å². The predicted octanol–water partition coefficient (Wildman–Crippen LogP) is 4.41. The van der Waals surface area contributed by atoms with Crippen molar-refractivity contribution in [3.05, 3.63) is 64.4 Å². The van der Waals surface area contributed by atoms with Crippen LogP contribution in [0.15, 0.2) is 42.6 Å². The van der Waals surface area contributed by atoms with Crippen molar-refractivity contribution in [2.24, 2.45) is 0 Å². The van der Waals surface area contributed by atoms with Crippen molar-refractivity contribution in [2.75, 3.05) is 6.54 Å². The predicted molar refractivity (Wildman–Crippen MR) is 88.1 cm³/mol. The monoisotopic (exact) mass is 314 g/mol. The second kappa shape index (κ2) is 6.49. The van der Waals surface area contributed by atoms with E-state index in [4.69, 9.17) is 11.6 Å². The van der Waals surface area contributed by atoms with Crippen molar-refractivity contribution in [2.45, 2.75) is 32.2 Å². The Morgan fingerprint density at radius 2 is 2.05 bits per heavy atom. The van der Waals surface area contributed by atoms with E-state index in [0.29, 0.717) is 5.15 Å². The molecule has 4 heteroatoms. The molecule has 0 unspecified atom stereocenters. The Balaban J connectivity index is 1.91. The fraction of sp³-hybridized carbons (Fsp3) is 0.333. The Morgan fingerprint density at radius 1 is 1.27 bits per heavy atom. The van der Waals surface area contributed by atoms with Gasteiger partial charge >= 0.3 is 0 Å². The van der Waals surface area contributed by atoms with Gasteiger partial charge in [-0.1, -0.05) is 29.8 Å². The number of hydrogen-bond acceptors (Lipinski definition) is 2. The number of aromatic nitrogens is 1. The van der Waals surface area contributed by atoms with Crippen LogP contribution >= 0.6 is 11.6 Å². The average molecular weight is 315 g/mol. The molecule has 1 amide bonds. The molecule has 0 aliphatic carbocycles. The summed E-state index contributed by atoms with van der Waals surface area (Å²) in [6, 6.07) is 11.6. The molecule has 114 valence electrons. The fourth-order valence-corrected chi connectivity index (χ4v) is 3.13. The Labute approximate surface area is 135 Å². The maximum absolute atomic E-state index is 12.8. The van der Waals surface area contributed by atoms with E-state index in [1.54, 1.807) is 6.20 Å². The van der Waals surface area contributed by atoms with Gasteiger partial charge in [-0.15, -0.1) is 0 Å². The van der Waals surface area contributed by atoms with Crippen molar-refractivity contribution in [3.63, 3.8) is 0 Å². The van der Waals surface area contributed by atoms with Crippen molar-refractivity contribution in [1.82, 2.24) is 9.88 Å². The third-order valence-electron chi connectivity index (χ3n) is 4.20. The lowest BCUT2D eigenvalue weighted by Crippen LogP contribution is -2.38. The molecule has 1 saturated heterocycles. The standard InChI is InChI=1S/C18H19ClN2O/c1-13-11-15(12-20-17(13)19)16-9-5-6-10-21(16)18(22)14-7-3-2-4-8-14/h2-4,7-8,11-12,16H,5-6,9-10H2,1H3/t16-/m0/s1. The first-order valence-corrected chi connectivity index (χ1v) is 8.02. The summed E-state index contributed by atoms with van der Waals surface area (Å²) < 4.78 is 0. The van der Waals surface area contributed by atoms with Crippen molar-refractivity contribution in [3.8, 4) is 0 Å². The van der Waals surface area contributed by atoms with Gasteiger partial charge in [-0.2, -0.15) is 0 Å². The van der Waals surface area contributed by atoms with Gasteiger partial charge in [0, 0.05) is 18.3 Å². The number of carbonyl (C=O) groups excluding carboxylic acids is 1. The number of aryl methyl sites for hydroxylation is 1. The summed E-state index contributed by atoms with van der Waals surface area (Å²) in [6.07, 6.45) is 4.96. The lowest BCUT2D eigenvalue weighted by atomic mass is 9.95. The molecular formula is C18H19ClN2O. The zero-order valence-corrected chi connectivity index (χ0v) is 13.4. The molecule has 1 aliphatic heterocycles. The Morgan fingerprint density at radius 3 is 2.77 bits per heavy atom. The van der Waals surface area contributed by atoms with Gasteiger partial charge in [0.1, 0.15) is 5.15 Å². The smallest absolute Gasteiger partial charge is 0.254 e. The summed E-state index contributed by atoms with van der Waals surface area (Å²) in [5.74, 6) is 0.0953. The molecule has 22 heavy (non-hydrogen) atoms. The highest BCUT2D eigenvalue weighted by Crippen LogP contribution is 2.32. The number of pyridine rings is 1. The fourth-order valence-electron chi connectivity index (χ4n) is 3.03. The number of nitrogens with zero attached hydrogens (tertiary/aromatic N) is 2. The van der Waals surface area contributed by atoms with Crippen LogP contribution in [0, 0.1) is 6.92 Å². The quantitative estimate of drug-likeness (QED) is 0.769. The number of rotatable bonds is 2. The van der Waals surface area contributed by atoms with E-state index >= 15 is 0 Å². The lowest BCUT2D eigenvalue weighted by Gasteiger charge is -2.36. The topological polar surface area (TPSA) is 33.2 Å². The largest absolute Gasteiger partial charge is 0.332 e. The second-order valence-electron chi connectivity index (χ2n) is 5.75. The van der Waals surface area contributed by atoms with Gasteiger partial charge in [0.05, 0.1) is 6.04 Å². The first-order chi connectivity index (χ1) is 10.7. The minimum atomic E-state index is 0.0879. The summed E-state index contributed by atoms with van der Waals surface area (Å²) in [5.41, 5.74) is 2.77. The number of hydrogen-bond donors (Lipinski definition) is 0. The molecule has 1 aromatic heterocycles. The maximum Gasteiger partial charge on any atom is 0.254 e. The second-order valence-corrected chi connectivity index (χ2v) is 6.11. The van der Waals surface area contributed by atoms with Crippen LogP contribution in [0.25, 0.3) is 0 Å². The van der Waals surface area contributed by atoms with Gasteiger partial charge in [0.25, 0.3) is 5.91 Å². The van der Waals surface area contributed by atoms with Crippen LogP contribution in [0.1, 0.15) is 46.8 Å². The molecule has 1 fully saturated rings. The number of amides is 1. The number of benzene rings is 1. The highest BCUT2D eigenvalue weighted by atomic mass is 35.5. The van der Waals surface area contributed by atoms with E-state index in [9.17, 15) is 4.79 Å². The number of likely N-dealkylation sites (tertiary alicyclic amines) is 1. The van der Waals surface area contributed by atoms with Gasteiger partial charge < -0.3 is 4.90 Å². The van der Waals surface area contributed by atoms with Crippen LogP contribution < -0.4 is 0 Å². The molecule has 0 radical (unpaired) electrons. The molecule has 0 saturated carbocycles. The normalized spacial score (nSPS) is 18.3. The molecule has 3 rings (SSSR count). The Kier molecular flexibility index (Phi) is 4.44. The van der Waals surface area contributed by atoms with Crippen molar-refractivity contribution < 1.29 is 4.79 Å². The van der Waals surface area contributed by atoms with Crippen LogP contribution in [0.4, 0.5) is 0 Å². The molecule has 2 aromatic rings. The molecular weight excluding hydrogens is 296 g/mol. The van der Waals surface area contributed by atoms with Gasteiger partial charge in [-0.25, -0.2) is 4.98 Å². The van der Waals surface area contributed by atoms with E-state index in [1.807, 2.05) is 42.2 Å². The Bertz CT molecular complexity index is 672. The first-order valence-electron chi connectivity index (χ1n) is 7.65. The average Bonchev–Trinajstić information content (AvgIpc) is 2.57. The van der Waals surface area contributed by atoms with Crippen molar-refractivity contribution >= 4 is 17.5 Å². The summed E-state index contributed by atoms with van der Waals surface area (Å²) in [4.78, 5) is 19.0. The van der Waals surface area contributed by atoms with E-state index in [0.717, 1.165) is 42.5 Å². The van der Waals surface area contributed by atoms with E-state index in [1.165, 1.54) is 0 Å². The minimum Gasteiger partial charge on any atom is -0.332 e. The number of carbonyl (C=O) groups is 1. The highest BCUT2D eigenvalue weighted by molar-refractivity contribution is 6.30. The summed E-state index contributed by atoms with van der Waals surface area (Å²) >= 11 is 6.02. The van der Waals surface area contributed by atoms with Crippen LogP contribution in [-0.4, -0.2) is 22.3 Å². The molecule has 0 bridgehead atoms.